The van der Waals surface area contributed by atoms with Crippen LogP contribution in [0.4, 0.5) is 0 Å². The van der Waals surface area contributed by atoms with E-state index in [0.29, 0.717) is 6.04 Å². The summed E-state index contributed by atoms with van der Waals surface area (Å²) in [6, 6.07) is 0.487. The molecule has 1 unspecified atom stereocenters. The molecule has 0 bridgehead atoms. The second-order valence-corrected chi connectivity index (χ2v) is 4.54. The van der Waals surface area contributed by atoms with Gasteiger partial charge in [0.25, 0.3) is 0 Å². The first kappa shape index (κ1) is 8.31. The van der Waals surface area contributed by atoms with Crippen molar-refractivity contribution < 1.29 is 0 Å². The van der Waals surface area contributed by atoms with Gasteiger partial charge in [-0.15, -0.1) is 6.58 Å². The van der Waals surface area contributed by atoms with E-state index in [9.17, 15) is 0 Å². The average molecular weight is 165 g/mol. The van der Waals surface area contributed by atoms with Crippen molar-refractivity contribution in [3.05, 3.63) is 12.7 Å². The summed E-state index contributed by atoms with van der Waals surface area (Å²) in [5.74, 6) is 1.07. The molecule has 0 aliphatic heterocycles. The Morgan fingerprint density at radius 1 is 1.58 bits per heavy atom. The monoisotopic (exact) mass is 165 g/mol. The van der Waals surface area contributed by atoms with Gasteiger partial charge in [-0.2, -0.15) is 0 Å². The van der Waals surface area contributed by atoms with E-state index in [1.807, 2.05) is 6.08 Å². The van der Waals surface area contributed by atoms with E-state index < -0.39 is 0 Å². The Balaban J connectivity index is 1.75. The second kappa shape index (κ2) is 2.88. The largest absolute Gasteiger partial charge is 0.310 e. The van der Waals surface area contributed by atoms with Gasteiger partial charge in [0.15, 0.2) is 0 Å². The topological polar surface area (TPSA) is 12.0 Å². The maximum atomic E-state index is 3.78. The minimum Gasteiger partial charge on any atom is -0.310 e. The van der Waals surface area contributed by atoms with E-state index in [4.69, 9.17) is 0 Å². The van der Waals surface area contributed by atoms with E-state index in [2.05, 4.69) is 18.8 Å². The van der Waals surface area contributed by atoms with Gasteiger partial charge in [0, 0.05) is 12.6 Å². The zero-order valence-corrected chi connectivity index (χ0v) is 7.97. The maximum Gasteiger partial charge on any atom is 0.0219 e. The zero-order valence-electron chi connectivity index (χ0n) is 7.97. The Kier molecular flexibility index (Phi) is 1.99. The molecule has 0 aromatic rings. The quantitative estimate of drug-likeness (QED) is 0.617. The average Bonchev–Trinajstić information content (AvgIpc) is 2.88. The van der Waals surface area contributed by atoms with Gasteiger partial charge >= 0.3 is 0 Å². The zero-order chi connectivity index (χ0) is 8.60. The summed E-state index contributed by atoms with van der Waals surface area (Å²) >= 11 is 0. The van der Waals surface area contributed by atoms with Crippen LogP contribution in [0.25, 0.3) is 0 Å². The van der Waals surface area contributed by atoms with Crippen LogP contribution in [0.2, 0.25) is 0 Å². The Bertz CT molecular complexity index is 177. The summed E-state index contributed by atoms with van der Waals surface area (Å²) in [4.78, 5) is 0. The summed E-state index contributed by atoms with van der Waals surface area (Å²) in [6.07, 6.45) is 7.90. The van der Waals surface area contributed by atoms with E-state index in [0.717, 1.165) is 11.3 Å². The lowest BCUT2D eigenvalue weighted by Crippen LogP contribution is -2.31. The molecule has 2 rings (SSSR count). The van der Waals surface area contributed by atoms with Crippen LogP contribution in [-0.2, 0) is 0 Å². The second-order valence-electron chi connectivity index (χ2n) is 4.54. The molecule has 1 atom stereocenters. The molecule has 0 heterocycles. The molecule has 2 aliphatic rings. The lowest BCUT2D eigenvalue weighted by atomic mass is 10.0. The van der Waals surface area contributed by atoms with Crippen molar-refractivity contribution in [1.29, 1.82) is 0 Å². The van der Waals surface area contributed by atoms with Gasteiger partial charge in [-0.05, 0) is 43.9 Å². The third-order valence-corrected chi connectivity index (χ3v) is 3.47. The molecule has 0 aromatic heterocycles. The molecule has 0 amide bonds. The first-order valence-corrected chi connectivity index (χ1v) is 5.13. The van der Waals surface area contributed by atoms with Crippen LogP contribution in [-0.4, -0.2) is 12.6 Å². The molecule has 1 nitrogen and oxygen atoms in total. The Morgan fingerprint density at radius 2 is 2.25 bits per heavy atom. The van der Waals surface area contributed by atoms with Crippen molar-refractivity contribution in [2.75, 3.05) is 6.54 Å². The predicted octanol–water partition coefficient (Wildman–Crippen LogP) is 2.34. The van der Waals surface area contributed by atoms with Crippen LogP contribution in [0.3, 0.4) is 0 Å². The molecule has 0 radical (unpaired) electrons. The molecule has 0 saturated heterocycles. The number of nitrogens with one attached hydrogen (secondary N) is 1. The van der Waals surface area contributed by atoms with Crippen molar-refractivity contribution in [3.8, 4) is 0 Å². The Morgan fingerprint density at radius 3 is 2.67 bits per heavy atom. The van der Waals surface area contributed by atoms with Gasteiger partial charge in [0.2, 0.25) is 0 Å². The minimum atomic E-state index is 0.487. The van der Waals surface area contributed by atoms with E-state index in [1.165, 1.54) is 32.2 Å². The molecule has 2 aliphatic carbocycles. The van der Waals surface area contributed by atoms with Crippen molar-refractivity contribution in [2.24, 2.45) is 11.3 Å². The minimum absolute atomic E-state index is 0.487. The van der Waals surface area contributed by atoms with E-state index >= 15 is 0 Å². The van der Waals surface area contributed by atoms with Crippen molar-refractivity contribution in [3.63, 3.8) is 0 Å². The molecule has 0 spiro atoms. The SMILES string of the molecule is C=CC(C)NCC1(C2CC2)CC1. The van der Waals surface area contributed by atoms with Gasteiger partial charge < -0.3 is 5.32 Å². The lowest BCUT2D eigenvalue weighted by molar-refractivity contribution is 0.395. The fourth-order valence-electron chi connectivity index (χ4n) is 2.03. The third kappa shape index (κ3) is 1.56. The molecule has 1 N–H and O–H groups in total. The first-order valence-electron chi connectivity index (χ1n) is 5.13. The van der Waals surface area contributed by atoms with Crippen LogP contribution in [0.1, 0.15) is 32.6 Å². The van der Waals surface area contributed by atoms with Crippen LogP contribution in [0, 0.1) is 11.3 Å². The van der Waals surface area contributed by atoms with Crippen LogP contribution in [0.15, 0.2) is 12.7 Å². The van der Waals surface area contributed by atoms with Crippen LogP contribution < -0.4 is 5.32 Å². The standard InChI is InChI=1S/C11H19N/c1-3-9(2)12-8-11(6-7-11)10-4-5-10/h3,9-10,12H,1,4-8H2,2H3. The highest BCUT2D eigenvalue weighted by molar-refractivity contribution is 5.05. The molecular weight excluding hydrogens is 146 g/mol. The summed E-state index contributed by atoms with van der Waals surface area (Å²) in [5, 5.41) is 3.54. The lowest BCUT2D eigenvalue weighted by Gasteiger charge is -2.17. The summed E-state index contributed by atoms with van der Waals surface area (Å²) < 4.78 is 0. The van der Waals surface area contributed by atoms with Crippen molar-refractivity contribution in [1.82, 2.24) is 5.32 Å². The van der Waals surface area contributed by atoms with E-state index in [-0.39, 0.29) is 0 Å². The molecule has 2 fully saturated rings. The smallest absolute Gasteiger partial charge is 0.0219 e. The molecule has 0 aromatic carbocycles. The van der Waals surface area contributed by atoms with Crippen LogP contribution >= 0.6 is 0 Å². The number of rotatable bonds is 5. The number of hydrogen-bond acceptors (Lipinski definition) is 1. The normalized spacial score (nSPS) is 28.1. The molecule has 2 saturated carbocycles. The Labute approximate surface area is 75.2 Å². The van der Waals surface area contributed by atoms with Crippen LogP contribution in [0.5, 0.6) is 0 Å². The summed E-state index contributed by atoms with van der Waals surface area (Å²) in [6.45, 7) is 7.18. The number of hydrogen-bond donors (Lipinski definition) is 1. The highest BCUT2D eigenvalue weighted by atomic mass is 14.9. The first-order chi connectivity index (χ1) is 5.77. The van der Waals surface area contributed by atoms with Gasteiger partial charge in [0.1, 0.15) is 0 Å². The van der Waals surface area contributed by atoms with Gasteiger partial charge in [-0.25, -0.2) is 0 Å². The highest BCUT2D eigenvalue weighted by Gasteiger charge is 2.53. The van der Waals surface area contributed by atoms with Crippen molar-refractivity contribution >= 4 is 0 Å². The van der Waals surface area contributed by atoms with Gasteiger partial charge in [-0.3, -0.25) is 0 Å². The maximum absolute atomic E-state index is 3.78. The van der Waals surface area contributed by atoms with Crippen molar-refractivity contribution in [2.45, 2.75) is 38.6 Å². The Hall–Kier alpha value is -0.300. The predicted molar refractivity (Wildman–Crippen MR) is 52.1 cm³/mol. The third-order valence-electron chi connectivity index (χ3n) is 3.47. The van der Waals surface area contributed by atoms with Gasteiger partial charge in [0.05, 0.1) is 0 Å². The highest BCUT2D eigenvalue weighted by Crippen LogP contribution is 2.60. The molecule has 68 valence electrons. The molecular formula is C11H19N. The van der Waals surface area contributed by atoms with Gasteiger partial charge in [-0.1, -0.05) is 6.08 Å². The fraction of sp³-hybridized carbons (Fsp3) is 0.818. The van der Waals surface area contributed by atoms with E-state index in [1.54, 1.807) is 0 Å². The fourth-order valence-corrected chi connectivity index (χ4v) is 2.03. The molecule has 1 heteroatoms. The summed E-state index contributed by atoms with van der Waals surface area (Å²) in [7, 11) is 0. The molecule has 12 heavy (non-hydrogen) atoms. The summed E-state index contributed by atoms with van der Waals surface area (Å²) in [5.41, 5.74) is 0.733.